The van der Waals surface area contributed by atoms with Gasteiger partial charge in [-0.2, -0.15) is 0 Å². The zero-order valence-corrected chi connectivity index (χ0v) is 26.3. The lowest BCUT2D eigenvalue weighted by Gasteiger charge is -2.64. The minimum absolute atomic E-state index is 0.0436. The Morgan fingerprint density at radius 1 is 1.00 bits per heavy atom. The molecule has 3 saturated heterocycles. The molecule has 0 bridgehead atoms. The number of rotatable bonds is 4. The molecule has 0 aromatic carbocycles. The fourth-order valence-corrected chi connectivity index (χ4v) is 13.3. The van der Waals surface area contributed by atoms with E-state index in [2.05, 4.69) is 39.5 Å². The van der Waals surface area contributed by atoms with Crippen molar-refractivity contribution in [3.8, 4) is 0 Å². The van der Waals surface area contributed by atoms with Crippen LogP contribution in [0.5, 0.6) is 0 Å². The van der Waals surface area contributed by atoms with E-state index in [1.165, 1.54) is 25.7 Å². The van der Waals surface area contributed by atoms with Crippen LogP contribution in [0.4, 0.5) is 0 Å². The van der Waals surface area contributed by atoms with Gasteiger partial charge in [-0.25, -0.2) is 4.79 Å². The Bertz CT molecular complexity index is 1130. The third kappa shape index (κ3) is 3.43. The molecule has 8 rings (SSSR count). The van der Waals surface area contributed by atoms with Crippen LogP contribution < -0.4 is 0 Å². The number of aliphatic hydroxyl groups excluding tert-OH is 1. The number of hydrogen-bond donors (Lipinski definition) is 2. The van der Waals surface area contributed by atoms with E-state index in [1.807, 2.05) is 0 Å². The highest BCUT2D eigenvalue weighted by atomic mass is 16.7. The molecule has 236 valence electrons. The van der Waals surface area contributed by atoms with Crippen molar-refractivity contribution in [2.24, 2.45) is 50.7 Å². The maximum atomic E-state index is 12.2. The topological polar surface area (TPSA) is 97.7 Å². The van der Waals surface area contributed by atoms with E-state index in [9.17, 15) is 15.0 Å². The number of ether oxygens (including phenoxy) is 4. The average molecular weight is 588 g/mol. The van der Waals surface area contributed by atoms with E-state index in [0.29, 0.717) is 29.7 Å². The maximum Gasteiger partial charge on any atom is 0.332 e. The maximum absolute atomic E-state index is 12.2. The first kappa shape index (κ1) is 28.7. The van der Waals surface area contributed by atoms with Crippen LogP contribution in [-0.2, 0) is 23.7 Å². The van der Waals surface area contributed by atoms with Gasteiger partial charge in [0.05, 0.1) is 50.7 Å². The van der Waals surface area contributed by atoms with Crippen LogP contribution in [0.1, 0.15) is 86.0 Å². The lowest BCUT2D eigenvalue weighted by atomic mass is 9.41. The first-order valence-electron chi connectivity index (χ1n) is 17.0. The van der Waals surface area contributed by atoms with Crippen molar-refractivity contribution in [3.05, 3.63) is 0 Å². The Labute approximate surface area is 251 Å². The molecule has 8 fully saturated rings. The number of carbonyl (C=O) groups is 1. The number of fused-ring (bicyclic) bond motifs is 4. The van der Waals surface area contributed by atoms with Crippen LogP contribution in [-0.4, -0.2) is 90.7 Å². The number of aliphatic carboxylic acids is 1. The number of nitrogens with zero attached hydrogens (tertiary/aromatic N) is 1. The van der Waals surface area contributed by atoms with Crippen LogP contribution in [0.25, 0.3) is 0 Å². The number of aliphatic hydroxyl groups is 1. The van der Waals surface area contributed by atoms with Gasteiger partial charge in [0.15, 0.2) is 12.4 Å². The van der Waals surface area contributed by atoms with Gasteiger partial charge in [-0.15, -0.1) is 0 Å². The summed E-state index contributed by atoms with van der Waals surface area (Å²) in [5, 5.41) is 22.0. The van der Waals surface area contributed by atoms with Crippen molar-refractivity contribution in [3.63, 3.8) is 0 Å². The lowest BCUT2D eigenvalue weighted by Crippen LogP contribution is -2.60. The first-order valence-corrected chi connectivity index (χ1v) is 17.0. The second kappa shape index (κ2) is 9.16. The van der Waals surface area contributed by atoms with Crippen molar-refractivity contribution < 1.29 is 34.0 Å². The molecular formula is C34H53NO7. The van der Waals surface area contributed by atoms with E-state index in [4.69, 9.17) is 18.9 Å². The summed E-state index contributed by atoms with van der Waals surface area (Å²) < 4.78 is 24.7. The van der Waals surface area contributed by atoms with Crippen molar-refractivity contribution in [1.29, 1.82) is 0 Å². The largest absolute Gasteiger partial charge is 0.479 e. The highest BCUT2D eigenvalue weighted by Gasteiger charge is 2.84. The van der Waals surface area contributed by atoms with Crippen LogP contribution in [0.15, 0.2) is 0 Å². The molecule has 7 unspecified atom stereocenters. The molecule has 3 aliphatic heterocycles. The van der Waals surface area contributed by atoms with Crippen molar-refractivity contribution >= 4 is 5.97 Å². The molecule has 5 saturated carbocycles. The third-order valence-electron chi connectivity index (χ3n) is 15.5. The average Bonchev–Trinajstić information content (AvgIpc) is 3.54. The third-order valence-corrected chi connectivity index (χ3v) is 15.5. The summed E-state index contributed by atoms with van der Waals surface area (Å²) in [5.74, 6) is 0.611. The van der Waals surface area contributed by atoms with Crippen LogP contribution >= 0.6 is 0 Å². The summed E-state index contributed by atoms with van der Waals surface area (Å²) in [4.78, 5) is 14.4. The second-order valence-electron chi connectivity index (χ2n) is 17.0. The SMILES string of the molecule is C[C@@H]1CC(C(=O)O)OC2C1[C@@]1(C)CCC34C[C@@]35CC[C@H](OC3CN(C6COC6)CCO3)C(C)(C)C5CC[C@H]4C1(C)[C@H]2O. The van der Waals surface area contributed by atoms with Gasteiger partial charge in [-0.05, 0) is 96.7 Å². The van der Waals surface area contributed by atoms with E-state index < -0.39 is 18.2 Å². The number of carboxylic acid groups (broad SMARTS) is 1. The molecule has 42 heavy (non-hydrogen) atoms. The Balaban J connectivity index is 1.04. The van der Waals surface area contributed by atoms with Crippen molar-refractivity contribution in [2.75, 3.05) is 32.9 Å². The molecule has 0 amide bonds. The van der Waals surface area contributed by atoms with Gasteiger partial charge >= 0.3 is 5.97 Å². The van der Waals surface area contributed by atoms with Gasteiger partial charge in [0.2, 0.25) is 0 Å². The van der Waals surface area contributed by atoms with E-state index in [-0.39, 0.29) is 52.0 Å². The lowest BCUT2D eigenvalue weighted by molar-refractivity contribution is -0.256. The van der Waals surface area contributed by atoms with Crippen LogP contribution in [0.3, 0.4) is 0 Å². The van der Waals surface area contributed by atoms with Gasteiger partial charge in [-0.3, -0.25) is 4.90 Å². The first-order chi connectivity index (χ1) is 19.9. The van der Waals surface area contributed by atoms with Gasteiger partial charge in [0.1, 0.15) is 0 Å². The van der Waals surface area contributed by atoms with E-state index in [0.717, 1.165) is 52.2 Å². The summed E-state index contributed by atoms with van der Waals surface area (Å²) in [6, 6.07) is 0.515. The predicted molar refractivity (Wildman–Crippen MR) is 155 cm³/mol. The molecule has 2 spiro atoms. The highest BCUT2D eigenvalue weighted by Crippen LogP contribution is 2.89. The fourth-order valence-electron chi connectivity index (χ4n) is 13.3. The molecule has 8 aliphatic rings. The van der Waals surface area contributed by atoms with Gasteiger partial charge in [0, 0.05) is 12.0 Å². The van der Waals surface area contributed by atoms with Crippen LogP contribution in [0, 0.1) is 50.7 Å². The Morgan fingerprint density at radius 3 is 2.45 bits per heavy atom. The normalized spacial score (nSPS) is 56.7. The molecule has 8 nitrogen and oxygen atoms in total. The number of carboxylic acids is 1. The summed E-state index contributed by atoms with van der Waals surface area (Å²) in [7, 11) is 0. The van der Waals surface area contributed by atoms with Gasteiger partial charge < -0.3 is 29.2 Å². The Hall–Kier alpha value is -0.770. The molecule has 0 aromatic heterocycles. The molecule has 8 heteroatoms. The zero-order chi connectivity index (χ0) is 29.4. The summed E-state index contributed by atoms with van der Waals surface area (Å²) in [6.45, 7) is 16.1. The van der Waals surface area contributed by atoms with Gasteiger partial charge in [-0.1, -0.05) is 34.6 Å². The quantitative estimate of drug-likeness (QED) is 0.502. The molecule has 0 aromatic rings. The number of hydrogen-bond acceptors (Lipinski definition) is 7. The van der Waals surface area contributed by atoms with E-state index in [1.54, 1.807) is 0 Å². The molecule has 13 atom stereocenters. The molecule has 5 aliphatic carbocycles. The van der Waals surface area contributed by atoms with E-state index >= 15 is 0 Å². The van der Waals surface area contributed by atoms with Crippen molar-refractivity contribution in [1.82, 2.24) is 4.90 Å². The Kier molecular flexibility index (Phi) is 6.25. The minimum Gasteiger partial charge on any atom is -0.479 e. The monoisotopic (exact) mass is 587 g/mol. The smallest absolute Gasteiger partial charge is 0.332 e. The molecule has 0 radical (unpaired) electrons. The molecule has 3 heterocycles. The standard InChI is InChI=1S/C34H53NO7/c1-19-14-21(29(37)38)41-27-26(19)31(4)10-11-34-18-33(34)9-8-24(42-25-15-35(12-13-40-25)20-16-39-17-20)30(2,3)22(33)6-7-23(34)32(31,5)28(27)36/h19-28,36H,6-18H2,1-5H3,(H,37,38)/t19-,21?,22?,23+,24+,25?,26?,27?,28+,31-,32?,33-,34?/m1/s1. The summed E-state index contributed by atoms with van der Waals surface area (Å²) in [5.41, 5.74) is 0.361. The summed E-state index contributed by atoms with van der Waals surface area (Å²) >= 11 is 0. The second-order valence-corrected chi connectivity index (χ2v) is 17.0. The number of morpholine rings is 1. The van der Waals surface area contributed by atoms with Crippen molar-refractivity contribution in [2.45, 2.75) is 123 Å². The fraction of sp³-hybridized carbons (Fsp3) is 0.971. The van der Waals surface area contributed by atoms with Crippen LogP contribution in [0.2, 0.25) is 0 Å². The Morgan fingerprint density at radius 2 is 1.74 bits per heavy atom. The van der Waals surface area contributed by atoms with Gasteiger partial charge in [0.25, 0.3) is 0 Å². The summed E-state index contributed by atoms with van der Waals surface area (Å²) in [6.07, 6.45) is 6.99. The molecular weight excluding hydrogens is 534 g/mol. The molecule has 2 N–H and O–H groups in total. The zero-order valence-electron chi connectivity index (χ0n) is 26.3. The predicted octanol–water partition coefficient (Wildman–Crippen LogP) is 4.33. The minimum atomic E-state index is -0.889. The highest BCUT2D eigenvalue weighted by molar-refractivity contribution is 5.72.